The van der Waals surface area contributed by atoms with Crippen LogP contribution in [0.15, 0.2) is 97.2 Å². The van der Waals surface area contributed by atoms with Gasteiger partial charge in [-0.05, 0) is 96.3 Å². The number of unbranched alkanes of at least 4 members (excludes halogenated alkanes) is 19. The Hall–Kier alpha value is -3.07. The summed E-state index contributed by atoms with van der Waals surface area (Å²) in [7, 11) is -4.39. The van der Waals surface area contributed by atoms with E-state index >= 15 is 0 Å². The van der Waals surface area contributed by atoms with Crippen molar-refractivity contribution in [3.63, 3.8) is 0 Å². The fourth-order valence-corrected chi connectivity index (χ4v) is 7.61. The first-order valence-corrected chi connectivity index (χ1v) is 27.7. The molecular weight excluding hydrogens is 846 g/mol. The van der Waals surface area contributed by atoms with Crippen LogP contribution < -0.4 is 5.73 Å². The number of hydrogen-bond acceptors (Lipinski definition) is 8. The van der Waals surface area contributed by atoms with Crippen LogP contribution in [0.1, 0.15) is 213 Å². The van der Waals surface area contributed by atoms with Crippen LogP contribution in [0.2, 0.25) is 0 Å². The van der Waals surface area contributed by atoms with E-state index in [1.165, 1.54) is 70.6 Å². The van der Waals surface area contributed by atoms with Gasteiger partial charge in [0.05, 0.1) is 13.2 Å². The first-order chi connectivity index (χ1) is 32.3. The van der Waals surface area contributed by atoms with Gasteiger partial charge in [-0.25, -0.2) is 4.57 Å². The van der Waals surface area contributed by atoms with Crippen molar-refractivity contribution in [1.29, 1.82) is 0 Å². The molecule has 10 heteroatoms. The molecule has 2 atom stereocenters. The molecule has 0 aliphatic carbocycles. The number of ether oxygens (including phenoxy) is 2. The molecule has 0 saturated carbocycles. The third-order valence-corrected chi connectivity index (χ3v) is 11.7. The molecule has 0 spiro atoms. The van der Waals surface area contributed by atoms with Gasteiger partial charge >= 0.3 is 19.8 Å². The van der Waals surface area contributed by atoms with Crippen LogP contribution in [-0.4, -0.2) is 49.3 Å². The summed E-state index contributed by atoms with van der Waals surface area (Å²) >= 11 is 0. The molecule has 0 amide bonds. The van der Waals surface area contributed by atoms with Crippen molar-refractivity contribution in [3.8, 4) is 0 Å². The molecule has 3 N–H and O–H groups in total. The van der Waals surface area contributed by atoms with Crippen LogP contribution in [0.3, 0.4) is 0 Å². The summed E-state index contributed by atoms with van der Waals surface area (Å²) in [5.74, 6) is -0.855. The molecule has 2 unspecified atom stereocenters. The molecule has 0 radical (unpaired) electrons. The summed E-state index contributed by atoms with van der Waals surface area (Å²) in [6, 6.07) is 0. The minimum Gasteiger partial charge on any atom is -0.462 e. The number of carbonyl (C=O) groups is 2. The van der Waals surface area contributed by atoms with Gasteiger partial charge in [-0.3, -0.25) is 18.6 Å². The Morgan fingerprint density at radius 2 is 0.833 bits per heavy atom. The number of esters is 2. The largest absolute Gasteiger partial charge is 0.472 e. The quantitative estimate of drug-likeness (QED) is 0.0265. The lowest BCUT2D eigenvalue weighted by Crippen LogP contribution is -2.29. The Morgan fingerprint density at radius 1 is 0.470 bits per heavy atom. The fraction of sp³-hybridized carbons (Fsp3) is 0.679. The van der Waals surface area contributed by atoms with Gasteiger partial charge in [0, 0.05) is 19.4 Å². The minimum atomic E-state index is -4.39. The third kappa shape index (κ3) is 50.3. The molecule has 0 aromatic heterocycles. The minimum absolute atomic E-state index is 0.0456. The summed E-state index contributed by atoms with van der Waals surface area (Å²) in [6.07, 6.45) is 67.3. The van der Waals surface area contributed by atoms with E-state index in [-0.39, 0.29) is 32.6 Å². The highest BCUT2D eigenvalue weighted by atomic mass is 31.2. The van der Waals surface area contributed by atoms with Crippen LogP contribution >= 0.6 is 7.82 Å². The van der Waals surface area contributed by atoms with Crippen LogP contribution in [-0.2, 0) is 32.7 Å². The normalized spacial score (nSPS) is 13.9. The number of phosphoric ester groups is 1. The van der Waals surface area contributed by atoms with E-state index < -0.39 is 32.5 Å². The number of nitrogens with two attached hydrogens (primary N) is 1. The number of phosphoric acid groups is 1. The molecule has 0 aliphatic heterocycles. The molecule has 66 heavy (non-hydrogen) atoms. The molecule has 0 fully saturated rings. The number of allylic oxidation sites excluding steroid dienone is 16. The zero-order valence-corrected chi connectivity index (χ0v) is 42.8. The van der Waals surface area contributed by atoms with E-state index in [4.69, 9.17) is 24.3 Å². The highest BCUT2D eigenvalue weighted by Gasteiger charge is 2.26. The summed E-state index contributed by atoms with van der Waals surface area (Å²) in [6.45, 7) is 3.59. The van der Waals surface area contributed by atoms with Crippen LogP contribution in [0.5, 0.6) is 0 Å². The Bertz CT molecular complexity index is 1400. The van der Waals surface area contributed by atoms with Crippen LogP contribution in [0, 0.1) is 0 Å². The summed E-state index contributed by atoms with van der Waals surface area (Å²) < 4.78 is 32.9. The van der Waals surface area contributed by atoms with Gasteiger partial charge in [0.25, 0.3) is 0 Å². The lowest BCUT2D eigenvalue weighted by atomic mass is 10.1. The van der Waals surface area contributed by atoms with Gasteiger partial charge in [0.15, 0.2) is 6.10 Å². The van der Waals surface area contributed by atoms with Gasteiger partial charge in [0.1, 0.15) is 6.61 Å². The first kappa shape index (κ1) is 62.9. The second-order valence-electron chi connectivity index (χ2n) is 17.0. The van der Waals surface area contributed by atoms with Gasteiger partial charge in [-0.1, -0.05) is 201 Å². The SMILES string of the molecule is CC/C=C\C/C=C\C/C=C\C/C=C\C/C=C\C/C=C\C/C=C\CCCCCCCCCC(=O)OC(COC(=O)CCCCCCC/C=C\CCCCCCCCC)COP(=O)(O)OCCN. The monoisotopic (exact) mass is 942 g/mol. The number of hydrogen-bond donors (Lipinski definition) is 2. The van der Waals surface area contributed by atoms with Crippen molar-refractivity contribution < 1.29 is 37.6 Å². The molecule has 0 rings (SSSR count). The lowest BCUT2D eigenvalue weighted by molar-refractivity contribution is -0.161. The predicted octanol–water partition coefficient (Wildman–Crippen LogP) is 16.1. The zero-order valence-electron chi connectivity index (χ0n) is 41.9. The topological polar surface area (TPSA) is 134 Å². The molecule has 0 aromatic rings. The maximum atomic E-state index is 12.7. The second-order valence-corrected chi connectivity index (χ2v) is 18.5. The average Bonchev–Trinajstić information content (AvgIpc) is 3.31. The predicted molar refractivity (Wildman–Crippen MR) is 279 cm³/mol. The van der Waals surface area contributed by atoms with E-state index in [0.717, 1.165) is 109 Å². The van der Waals surface area contributed by atoms with Gasteiger partial charge in [-0.15, -0.1) is 0 Å². The molecular formula is C56H96NO8P. The fourth-order valence-electron chi connectivity index (χ4n) is 6.84. The second kappa shape index (κ2) is 51.3. The van der Waals surface area contributed by atoms with Crippen LogP contribution in [0.25, 0.3) is 0 Å². The van der Waals surface area contributed by atoms with E-state index in [2.05, 4.69) is 111 Å². The van der Waals surface area contributed by atoms with E-state index in [0.29, 0.717) is 6.42 Å². The Kier molecular flexibility index (Phi) is 48.9. The summed E-state index contributed by atoms with van der Waals surface area (Å²) in [5.41, 5.74) is 5.37. The summed E-state index contributed by atoms with van der Waals surface area (Å²) in [5, 5.41) is 0. The molecule has 0 aliphatic rings. The summed E-state index contributed by atoms with van der Waals surface area (Å²) in [4.78, 5) is 35.1. The molecule has 9 nitrogen and oxygen atoms in total. The van der Waals surface area contributed by atoms with Gasteiger partial charge < -0.3 is 20.1 Å². The van der Waals surface area contributed by atoms with Crippen molar-refractivity contribution in [2.75, 3.05) is 26.4 Å². The molecule has 0 heterocycles. The Labute approximate surface area is 404 Å². The highest BCUT2D eigenvalue weighted by Crippen LogP contribution is 2.43. The maximum absolute atomic E-state index is 12.7. The average molecular weight is 942 g/mol. The van der Waals surface area contributed by atoms with Crippen molar-refractivity contribution in [2.45, 2.75) is 219 Å². The molecule has 0 saturated heterocycles. The van der Waals surface area contributed by atoms with E-state index in [1.807, 2.05) is 0 Å². The molecule has 378 valence electrons. The molecule has 0 bridgehead atoms. The van der Waals surface area contributed by atoms with Gasteiger partial charge in [-0.2, -0.15) is 0 Å². The van der Waals surface area contributed by atoms with Crippen molar-refractivity contribution >= 4 is 19.8 Å². The zero-order chi connectivity index (χ0) is 48.1. The third-order valence-electron chi connectivity index (χ3n) is 10.7. The van der Waals surface area contributed by atoms with E-state index in [9.17, 15) is 19.0 Å². The van der Waals surface area contributed by atoms with Gasteiger partial charge in [0.2, 0.25) is 0 Å². The lowest BCUT2D eigenvalue weighted by Gasteiger charge is -2.19. The number of carbonyl (C=O) groups excluding carboxylic acids is 2. The van der Waals surface area contributed by atoms with E-state index in [1.54, 1.807) is 0 Å². The first-order valence-electron chi connectivity index (χ1n) is 26.2. The standard InChI is InChI=1S/C56H96NO8P/c1-3-5-7-9-11-13-15-17-19-21-22-23-24-25-26-27-28-29-30-31-32-33-35-37-39-41-43-45-47-49-56(59)65-54(53-64-66(60,61)63-51-50-57)52-62-55(58)48-46-44-42-40-38-36-34-20-18-16-14-12-10-8-6-4-2/h5,7,11,13,17,19-20,22-23,25-26,28-29,31-32,34,54H,3-4,6,8-10,12,14-16,18,21,24,27,30,33,35-53,57H2,1-2H3,(H,60,61)/b7-5-,13-11-,19-17-,23-22-,26-25-,29-28-,32-31-,34-20-. The Morgan fingerprint density at radius 3 is 1.26 bits per heavy atom. The van der Waals surface area contributed by atoms with Crippen molar-refractivity contribution in [3.05, 3.63) is 97.2 Å². The smallest absolute Gasteiger partial charge is 0.462 e. The Balaban J connectivity index is 4.09. The number of rotatable bonds is 48. The maximum Gasteiger partial charge on any atom is 0.472 e. The molecule has 0 aromatic carbocycles. The highest BCUT2D eigenvalue weighted by molar-refractivity contribution is 7.47. The van der Waals surface area contributed by atoms with Crippen LogP contribution in [0.4, 0.5) is 0 Å². The van der Waals surface area contributed by atoms with Crippen molar-refractivity contribution in [2.24, 2.45) is 5.73 Å². The van der Waals surface area contributed by atoms with Crippen molar-refractivity contribution in [1.82, 2.24) is 0 Å².